The summed E-state index contributed by atoms with van der Waals surface area (Å²) in [5, 5.41) is 0.0241. The number of fused-ring (bicyclic) bond motifs is 1. The molecule has 1 saturated heterocycles. The van der Waals surface area contributed by atoms with Crippen LogP contribution in [-0.2, 0) is 17.8 Å². The Bertz CT molecular complexity index is 755. The molecule has 5 heteroatoms. The van der Waals surface area contributed by atoms with E-state index in [0.717, 1.165) is 51.1 Å². The molecule has 0 N–H and O–H groups in total. The second-order valence-electron chi connectivity index (χ2n) is 7.00. The third kappa shape index (κ3) is 3.94. The van der Waals surface area contributed by atoms with Gasteiger partial charge in [-0.2, -0.15) is 0 Å². The molecule has 2 aliphatic rings. The molecule has 0 saturated carbocycles. The smallest absolute Gasteiger partial charge is 0.236 e. The lowest BCUT2D eigenvalue weighted by atomic mass is 10.1. The average Bonchev–Trinajstić information content (AvgIpc) is 2.96. The zero-order valence-electron chi connectivity index (χ0n) is 14.7. The van der Waals surface area contributed by atoms with E-state index in [9.17, 15) is 9.18 Å². The average molecular weight is 370 g/mol. The second kappa shape index (κ2) is 7.80. The van der Waals surface area contributed by atoms with Gasteiger partial charge in [-0.1, -0.05) is 30.3 Å². The van der Waals surface area contributed by atoms with Gasteiger partial charge in [-0.05, 0) is 42.2 Å². The van der Waals surface area contributed by atoms with Crippen molar-refractivity contribution in [1.29, 1.82) is 0 Å². The van der Waals surface area contributed by atoms with E-state index in [4.69, 9.17) is 0 Å². The second-order valence-corrected chi connectivity index (χ2v) is 8.24. The van der Waals surface area contributed by atoms with Gasteiger partial charge in [0.2, 0.25) is 5.91 Å². The maximum Gasteiger partial charge on any atom is 0.236 e. The van der Waals surface area contributed by atoms with E-state index in [1.165, 1.54) is 22.6 Å². The number of carbonyl (C=O) groups is 1. The zero-order chi connectivity index (χ0) is 17.9. The van der Waals surface area contributed by atoms with E-state index in [1.54, 1.807) is 11.8 Å². The van der Waals surface area contributed by atoms with E-state index in [0.29, 0.717) is 0 Å². The minimum Gasteiger partial charge on any atom is -0.340 e. The summed E-state index contributed by atoms with van der Waals surface area (Å²) in [5.74, 6) is 0.0753. The Morgan fingerprint density at radius 1 is 1.04 bits per heavy atom. The maximum atomic E-state index is 13.1. The van der Waals surface area contributed by atoms with Crippen molar-refractivity contribution < 1.29 is 9.18 Å². The summed E-state index contributed by atoms with van der Waals surface area (Å²) in [7, 11) is 0. The lowest BCUT2D eigenvalue weighted by molar-refractivity contribution is -0.130. The highest BCUT2D eigenvalue weighted by Crippen LogP contribution is 2.37. The van der Waals surface area contributed by atoms with Gasteiger partial charge in [0.1, 0.15) is 5.82 Å². The lowest BCUT2D eigenvalue weighted by Gasteiger charge is -2.24. The molecule has 1 atom stereocenters. The summed E-state index contributed by atoms with van der Waals surface area (Å²) in [4.78, 5) is 18.6. The van der Waals surface area contributed by atoms with Crippen molar-refractivity contribution in [3.63, 3.8) is 0 Å². The molecule has 2 aromatic carbocycles. The lowest BCUT2D eigenvalue weighted by Crippen LogP contribution is -2.40. The Morgan fingerprint density at radius 2 is 1.85 bits per heavy atom. The van der Waals surface area contributed by atoms with Crippen LogP contribution in [-0.4, -0.2) is 47.1 Å². The predicted octanol–water partition coefficient (Wildman–Crippen LogP) is 3.58. The van der Waals surface area contributed by atoms with Gasteiger partial charge in [0, 0.05) is 37.6 Å². The number of halogens is 1. The molecule has 2 aliphatic heterocycles. The number of thioether (sulfide) groups is 1. The summed E-state index contributed by atoms with van der Waals surface area (Å²) in [6.45, 7) is 4.25. The first-order chi connectivity index (χ1) is 12.7. The highest BCUT2D eigenvalue weighted by atomic mass is 32.2. The van der Waals surface area contributed by atoms with E-state index >= 15 is 0 Å². The van der Waals surface area contributed by atoms with Crippen molar-refractivity contribution >= 4 is 17.7 Å². The van der Waals surface area contributed by atoms with Crippen LogP contribution in [0, 0.1) is 5.82 Å². The van der Waals surface area contributed by atoms with Crippen molar-refractivity contribution in [2.24, 2.45) is 0 Å². The van der Waals surface area contributed by atoms with Crippen LogP contribution in [0.25, 0.3) is 0 Å². The molecular formula is C21H23FN2OS. The van der Waals surface area contributed by atoms with Crippen LogP contribution in [0.15, 0.2) is 53.4 Å². The van der Waals surface area contributed by atoms with Crippen molar-refractivity contribution in [3.05, 3.63) is 65.5 Å². The van der Waals surface area contributed by atoms with Crippen LogP contribution in [0.4, 0.5) is 4.39 Å². The number of rotatable bonds is 3. The first-order valence-corrected chi connectivity index (χ1v) is 10.1. The van der Waals surface area contributed by atoms with Crippen molar-refractivity contribution in [3.8, 4) is 0 Å². The van der Waals surface area contributed by atoms with Crippen LogP contribution in [0.3, 0.4) is 0 Å². The molecule has 0 radical (unpaired) electrons. The fourth-order valence-corrected chi connectivity index (χ4v) is 5.00. The van der Waals surface area contributed by atoms with Gasteiger partial charge in [-0.25, -0.2) is 4.39 Å². The van der Waals surface area contributed by atoms with Gasteiger partial charge in [0.25, 0.3) is 0 Å². The van der Waals surface area contributed by atoms with E-state index in [2.05, 4.69) is 17.0 Å². The van der Waals surface area contributed by atoms with Gasteiger partial charge < -0.3 is 4.90 Å². The fraction of sp³-hybridized carbons (Fsp3) is 0.381. The maximum absolute atomic E-state index is 13.1. The molecule has 4 rings (SSSR count). The summed E-state index contributed by atoms with van der Waals surface area (Å²) in [5.41, 5.74) is 2.41. The van der Waals surface area contributed by atoms with Crippen LogP contribution in [0.1, 0.15) is 17.5 Å². The predicted molar refractivity (Wildman–Crippen MR) is 103 cm³/mol. The van der Waals surface area contributed by atoms with Crippen LogP contribution in [0.5, 0.6) is 0 Å². The molecule has 2 aromatic rings. The number of benzene rings is 2. The van der Waals surface area contributed by atoms with Crippen LogP contribution < -0.4 is 0 Å². The van der Waals surface area contributed by atoms with Gasteiger partial charge >= 0.3 is 0 Å². The Balaban J connectivity index is 1.33. The van der Waals surface area contributed by atoms with Crippen molar-refractivity contribution in [2.45, 2.75) is 29.5 Å². The quantitative estimate of drug-likeness (QED) is 0.825. The van der Waals surface area contributed by atoms with Gasteiger partial charge in [-0.15, -0.1) is 11.8 Å². The number of nitrogens with zero attached hydrogens (tertiary/aromatic N) is 2. The third-order valence-electron chi connectivity index (χ3n) is 5.14. The largest absolute Gasteiger partial charge is 0.340 e. The normalized spacial score (nSPS) is 20.7. The number of amides is 1. The molecule has 0 aliphatic carbocycles. The molecule has 0 aromatic heterocycles. The zero-order valence-corrected chi connectivity index (χ0v) is 15.6. The summed E-state index contributed by atoms with van der Waals surface area (Å²) >= 11 is 1.71. The van der Waals surface area contributed by atoms with Crippen molar-refractivity contribution in [1.82, 2.24) is 9.80 Å². The third-order valence-corrected chi connectivity index (χ3v) is 6.45. The van der Waals surface area contributed by atoms with Gasteiger partial charge in [0.05, 0.1) is 5.25 Å². The van der Waals surface area contributed by atoms with E-state index < -0.39 is 0 Å². The highest BCUT2D eigenvalue weighted by Gasteiger charge is 2.32. The Labute approximate surface area is 158 Å². The molecule has 0 bridgehead atoms. The summed E-state index contributed by atoms with van der Waals surface area (Å²) in [6.07, 6.45) is 1.83. The number of hydrogen-bond donors (Lipinski definition) is 0. The Morgan fingerprint density at radius 3 is 2.65 bits per heavy atom. The van der Waals surface area contributed by atoms with Gasteiger partial charge in [0.15, 0.2) is 0 Å². The molecular weight excluding hydrogens is 347 g/mol. The molecule has 2 heterocycles. The fourth-order valence-electron chi connectivity index (χ4n) is 3.72. The minimum atomic E-state index is -0.198. The number of hydrogen-bond acceptors (Lipinski definition) is 3. The molecule has 1 amide bonds. The highest BCUT2D eigenvalue weighted by molar-refractivity contribution is 8.01. The van der Waals surface area contributed by atoms with Crippen LogP contribution >= 0.6 is 11.8 Å². The molecule has 136 valence electrons. The monoisotopic (exact) mass is 370 g/mol. The Kier molecular flexibility index (Phi) is 5.27. The van der Waals surface area contributed by atoms with Crippen LogP contribution in [0.2, 0.25) is 0 Å². The topological polar surface area (TPSA) is 23.6 Å². The SMILES string of the molecule is O=C(C1Cc2ccccc2S1)N1CCCN(Cc2ccc(F)cc2)CC1. The molecule has 1 unspecified atom stereocenters. The molecule has 3 nitrogen and oxygen atoms in total. The Hall–Kier alpha value is -1.85. The number of carbonyl (C=O) groups excluding carboxylic acids is 1. The molecule has 1 fully saturated rings. The standard InChI is InChI=1S/C21H23FN2OS/c22-18-8-6-16(7-9-18)15-23-10-3-11-24(13-12-23)21(25)20-14-17-4-1-2-5-19(17)26-20/h1-2,4-9,20H,3,10-15H2. The summed E-state index contributed by atoms with van der Waals surface area (Å²) in [6, 6.07) is 15.0. The van der Waals surface area contributed by atoms with E-state index in [-0.39, 0.29) is 17.0 Å². The molecule has 0 spiro atoms. The van der Waals surface area contributed by atoms with Gasteiger partial charge in [-0.3, -0.25) is 9.69 Å². The summed E-state index contributed by atoms with van der Waals surface area (Å²) < 4.78 is 13.1. The first-order valence-electron chi connectivity index (χ1n) is 9.19. The minimum absolute atomic E-state index is 0.0241. The van der Waals surface area contributed by atoms with Crippen molar-refractivity contribution in [2.75, 3.05) is 26.2 Å². The molecule has 26 heavy (non-hydrogen) atoms. The first kappa shape index (κ1) is 17.6. The van der Waals surface area contributed by atoms with E-state index in [1.807, 2.05) is 29.2 Å².